The molecule has 3 aromatic carbocycles. The molecule has 76 heavy (non-hydrogen) atoms. The second kappa shape index (κ2) is 21.7. The maximum absolute atomic E-state index is 15.8. The number of ketones is 1. The first kappa shape index (κ1) is 55.5. The maximum atomic E-state index is 15.8. The first-order valence-corrected chi connectivity index (χ1v) is 26.2. The number of carbonyl (C=O) groups is 9. The summed E-state index contributed by atoms with van der Waals surface area (Å²) < 4.78 is 36.9. The summed E-state index contributed by atoms with van der Waals surface area (Å²) in [6, 6.07) is 22.5. The van der Waals surface area contributed by atoms with Crippen LogP contribution in [0.5, 0.6) is 0 Å². The van der Waals surface area contributed by atoms with Crippen LogP contribution in [0, 0.1) is 22.7 Å². The van der Waals surface area contributed by atoms with Crippen LogP contribution in [0.1, 0.15) is 100 Å². The Kier molecular flexibility index (Phi) is 15.9. The highest BCUT2D eigenvalue weighted by Crippen LogP contribution is 2.64. The van der Waals surface area contributed by atoms with E-state index in [-0.39, 0.29) is 71.6 Å². The van der Waals surface area contributed by atoms with Crippen LogP contribution < -0.4 is 5.32 Å². The van der Waals surface area contributed by atoms with Gasteiger partial charge in [0.05, 0.1) is 35.4 Å². The molecule has 19 nitrogen and oxygen atoms in total. The number of carbonyl (C=O) groups excluding carboxylic acids is 9. The lowest BCUT2D eigenvalue weighted by atomic mass is 9.44. The smallest absolute Gasteiger partial charge is 0.350 e. The highest BCUT2D eigenvalue weighted by Gasteiger charge is 2.78. The Morgan fingerprint density at radius 1 is 0.855 bits per heavy atom. The number of hydrogen-bond acceptors (Lipinski definition) is 18. The molecule has 6 unspecified atom stereocenters. The number of nitrogens with one attached hydrogen (secondary N) is 1. The topological polar surface area (TPSA) is 265 Å². The van der Waals surface area contributed by atoms with Gasteiger partial charge in [0.25, 0.3) is 5.91 Å². The lowest BCUT2D eigenvalue weighted by Crippen LogP contribution is -2.82. The Labute approximate surface area is 443 Å². The number of thioether (sulfide) groups is 1. The molecule has 8 rings (SSSR count). The average molecular weight is 1070 g/mol. The number of nitrogens with zero attached hydrogens (tertiary/aromatic N) is 1. The lowest BCUT2D eigenvalue weighted by molar-refractivity contribution is -0.346. The number of hydrogen-bond donors (Lipinski definition) is 3. The number of rotatable bonds is 16. The zero-order valence-corrected chi connectivity index (χ0v) is 44.0. The number of ether oxygens (including phenoxy) is 6. The summed E-state index contributed by atoms with van der Waals surface area (Å²) in [5.74, 6) is -9.49. The summed E-state index contributed by atoms with van der Waals surface area (Å²) in [5, 5.41) is 29.1. The third-order valence-corrected chi connectivity index (χ3v) is 16.8. The summed E-state index contributed by atoms with van der Waals surface area (Å²) >= 11 is 1.03. The van der Waals surface area contributed by atoms with Gasteiger partial charge in [-0.3, -0.25) is 38.5 Å². The Bertz CT molecular complexity index is 2830. The van der Waals surface area contributed by atoms with Crippen LogP contribution in [0.4, 0.5) is 0 Å². The fourth-order valence-corrected chi connectivity index (χ4v) is 12.5. The van der Waals surface area contributed by atoms with Gasteiger partial charge in [-0.05, 0) is 54.8 Å². The average Bonchev–Trinajstić information content (AvgIpc) is 3.81. The van der Waals surface area contributed by atoms with E-state index in [4.69, 9.17) is 28.4 Å². The van der Waals surface area contributed by atoms with Crippen LogP contribution >= 0.6 is 11.8 Å². The van der Waals surface area contributed by atoms with Crippen molar-refractivity contribution in [3.8, 4) is 0 Å². The van der Waals surface area contributed by atoms with E-state index < -0.39 is 124 Å². The van der Waals surface area contributed by atoms with Gasteiger partial charge in [0.2, 0.25) is 17.9 Å². The predicted molar refractivity (Wildman–Crippen MR) is 269 cm³/mol. The molecule has 5 aliphatic rings. The molecule has 3 N–H and O–H groups in total. The van der Waals surface area contributed by atoms with E-state index in [9.17, 15) is 43.8 Å². The summed E-state index contributed by atoms with van der Waals surface area (Å²) in [4.78, 5) is 126. The molecule has 2 heterocycles. The van der Waals surface area contributed by atoms with Gasteiger partial charge in [-0.1, -0.05) is 87.5 Å². The number of likely N-dealkylation sites (tertiary alicyclic amines) is 1. The number of fused-ring (bicyclic) bond motifs is 5. The second-order valence-corrected chi connectivity index (χ2v) is 22.0. The number of amides is 3. The number of aliphatic hydroxyl groups excluding tert-OH is 1. The fourth-order valence-electron chi connectivity index (χ4n) is 11.9. The third kappa shape index (κ3) is 10.1. The number of aliphatic hydroxyl groups is 2. The quantitative estimate of drug-likeness (QED) is 0.0589. The molecule has 0 spiro atoms. The van der Waals surface area contributed by atoms with Crippen LogP contribution in [0.3, 0.4) is 0 Å². The number of esters is 5. The lowest BCUT2D eigenvalue weighted by Gasteiger charge is -2.67. The van der Waals surface area contributed by atoms with Crippen molar-refractivity contribution in [3.05, 3.63) is 119 Å². The Hall–Kier alpha value is -6.74. The zero-order valence-electron chi connectivity index (χ0n) is 43.2. The summed E-state index contributed by atoms with van der Waals surface area (Å²) in [6.07, 6.45) is -10.9. The molecule has 3 aliphatic carbocycles. The van der Waals surface area contributed by atoms with Crippen LogP contribution in [0.15, 0.2) is 102 Å². The summed E-state index contributed by atoms with van der Waals surface area (Å²) in [7, 11) is 0. The molecular formula is C56H62N2O17S. The van der Waals surface area contributed by atoms with Crippen molar-refractivity contribution in [1.82, 2.24) is 10.2 Å². The Balaban J connectivity index is 1.24. The Morgan fingerprint density at radius 2 is 1.47 bits per heavy atom. The molecule has 3 aromatic rings. The molecule has 2 saturated carbocycles. The van der Waals surface area contributed by atoms with Crippen LogP contribution in [0.2, 0.25) is 0 Å². The van der Waals surface area contributed by atoms with E-state index in [0.717, 1.165) is 30.5 Å². The van der Waals surface area contributed by atoms with E-state index in [1.54, 1.807) is 73.7 Å². The summed E-state index contributed by atoms with van der Waals surface area (Å²) in [6.45, 7) is 9.46. The SMILES string of the molecule is CC(=O)O[C@H]1C(=O)[C@@]2(C)C(C(OC(=O)c3ccccc3)[C@]3(O)CC(OC(=O)C(OC(=O)CSCCN4C(=O)CC(C)C4=O)C(NC(=O)c4ccccc4)c4ccccc4)C(C)=C1C3(C)C)[C@]1(OC(C)=O)CO[C@@H]1C[C@@H]2O. The Morgan fingerprint density at radius 3 is 2.04 bits per heavy atom. The molecule has 2 saturated heterocycles. The van der Waals surface area contributed by atoms with Crippen molar-refractivity contribution in [3.63, 3.8) is 0 Å². The van der Waals surface area contributed by atoms with Crippen LogP contribution in [0.25, 0.3) is 0 Å². The van der Waals surface area contributed by atoms with E-state index in [2.05, 4.69) is 5.32 Å². The molecule has 0 radical (unpaired) electrons. The zero-order chi connectivity index (χ0) is 55.1. The van der Waals surface area contributed by atoms with Gasteiger partial charge in [0.15, 0.2) is 17.5 Å². The molecule has 2 bridgehead atoms. The van der Waals surface area contributed by atoms with Gasteiger partial charge in [-0.25, -0.2) is 9.59 Å². The molecule has 3 amide bonds. The monoisotopic (exact) mass is 1070 g/mol. The van der Waals surface area contributed by atoms with Gasteiger partial charge >= 0.3 is 29.8 Å². The van der Waals surface area contributed by atoms with Crippen molar-refractivity contribution in [2.24, 2.45) is 22.7 Å². The van der Waals surface area contributed by atoms with Crippen molar-refractivity contribution < 1.29 is 81.8 Å². The number of Topliss-reactive ketones (excluding diaryl/α,β-unsaturated/α-hetero) is 1. The fraction of sp³-hybridized carbons (Fsp3) is 0.482. The van der Waals surface area contributed by atoms with Crippen molar-refractivity contribution in [1.29, 1.82) is 0 Å². The van der Waals surface area contributed by atoms with Crippen LogP contribution in [-0.4, -0.2) is 141 Å². The van der Waals surface area contributed by atoms with Crippen molar-refractivity contribution >= 4 is 65.1 Å². The predicted octanol–water partition coefficient (Wildman–Crippen LogP) is 4.41. The van der Waals surface area contributed by atoms with E-state index in [0.29, 0.717) is 5.56 Å². The first-order valence-electron chi connectivity index (χ1n) is 25.1. The minimum Gasteiger partial charge on any atom is -0.455 e. The highest BCUT2D eigenvalue weighted by molar-refractivity contribution is 7.99. The van der Waals surface area contributed by atoms with Crippen molar-refractivity contribution in [2.75, 3.05) is 24.7 Å². The van der Waals surface area contributed by atoms with Gasteiger partial charge < -0.3 is 44.0 Å². The van der Waals surface area contributed by atoms with Crippen LogP contribution in [-0.2, 0) is 62.0 Å². The normalized spacial score (nSPS) is 30.2. The third-order valence-electron chi connectivity index (χ3n) is 15.9. The molecule has 2 aliphatic heterocycles. The maximum Gasteiger partial charge on any atom is 0.350 e. The second-order valence-electron chi connectivity index (χ2n) is 20.9. The van der Waals surface area contributed by atoms with Gasteiger partial charge in [-0.2, -0.15) is 0 Å². The molecule has 0 aromatic heterocycles. The number of benzene rings is 3. The molecule has 404 valence electrons. The molecular weight excluding hydrogens is 1000 g/mol. The van der Waals surface area contributed by atoms with E-state index in [1.165, 1.54) is 52.0 Å². The van der Waals surface area contributed by atoms with Gasteiger partial charge in [0, 0.05) is 62.3 Å². The standard InChI is InChI=1S/C56H62N2O17S/c1-30-25-40(62)58(50(30)66)23-24-76-28-41(63)73-45(43(34-17-11-8-12-18-34)57-49(65)35-19-13-9-14-20-35)52(68)72-37-27-56(69)48(74-51(67)36-21-15-10-16-22-36)46-54(7,38(61)26-39-55(46,29-70-39)75-33(4)60)47(64)44(71-32(3)59)42(31(37)2)53(56,5)6/h8-22,30,37-39,43-46,48,61,69H,23-29H2,1-7H3,(H,57,65)/t30?,37?,38-,39+,43?,44+,45?,46?,48?,54+,55-,56+/m0/s1. The van der Waals surface area contributed by atoms with Gasteiger partial charge in [0.1, 0.15) is 30.0 Å². The molecule has 20 heteroatoms. The largest absolute Gasteiger partial charge is 0.455 e. The molecule has 4 fully saturated rings. The van der Waals surface area contributed by atoms with E-state index >= 15 is 9.59 Å². The van der Waals surface area contributed by atoms with E-state index in [1.807, 2.05) is 0 Å². The molecule has 12 atom stereocenters. The first-order chi connectivity index (χ1) is 36.0. The summed E-state index contributed by atoms with van der Waals surface area (Å²) in [5.41, 5.74) is -7.65. The number of imide groups is 1. The minimum atomic E-state index is -2.49. The highest BCUT2D eigenvalue weighted by atomic mass is 32.2. The van der Waals surface area contributed by atoms with Crippen molar-refractivity contribution in [2.45, 2.75) is 122 Å². The minimum absolute atomic E-state index is 0.0211. The van der Waals surface area contributed by atoms with Gasteiger partial charge in [-0.15, -0.1) is 11.8 Å².